The number of nitrogens with one attached hydrogen (secondary N) is 1. The van der Waals surface area contributed by atoms with Crippen molar-refractivity contribution in [1.82, 2.24) is 15.0 Å². The molecule has 0 saturated heterocycles. The van der Waals surface area contributed by atoms with Gasteiger partial charge in [0.25, 0.3) is 0 Å². The summed E-state index contributed by atoms with van der Waals surface area (Å²) < 4.78 is 0. The predicted octanol–water partition coefficient (Wildman–Crippen LogP) is 6.82. The summed E-state index contributed by atoms with van der Waals surface area (Å²) in [7, 11) is 0. The van der Waals surface area contributed by atoms with E-state index >= 15 is 0 Å². The monoisotopic (exact) mass is 414 g/mol. The molecule has 1 N–H and O–H groups in total. The molecule has 0 radical (unpaired) electrons. The fourth-order valence-corrected chi connectivity index (χ4v) is 4.25. The van der Waals surface area contributed by atoms with Crippen LogP contribution in [0.4, 0.5) is 11.6 Å². The number of fused-ring (bicyclic) bond motifs is 1. The zero-order valence-electron chi connectivity index (χ0n) is 15.2. The Kier molecular flexibility index (Phi) is 4.68. The van der Waals surface area contributed by atoms with Crippen molar-refractivity contribution in [3.63, 3.8) is 0 Å². The summed E-state index contributed by atoms with van der Waals surface area (Å²) in [6, 6.07) is 22.6. The molecule has 0 saturated carbocycles. The molecule has 0 bridgehead atoms. The summed E-state index contributed by atoms with van der Waals surface area (Å²) in [5, 5.41) is 7.00. The van der Waals surface area contributed by atoms with Gasteiger partial charge in [0, 0.05) is 17.1 Å². The quantitative estimate of drug-likeness (QED) is 0.350. The lowest BCUT2D eigenvalue weighted by molar-refractivity contribution is 1.21. The zero-order valence-corrected chi connectivity index (χ0v) is 16.8. The van der Waals surface area contributed by atoms with Crippen molar-refractivity contribution in [2.45, 2.75) is 0 Å². The highest BCUT2D eigenvalue weighted by Crippen LogP contribution is 2.37. The second-order valence-electron chi connectivity index (χ2n) is 6.48. The summed E-state index contributed by atoms with van der Waals surface area (Å²) in [4.78, 5) is 14.1. The molecule has 0 aliphatic heterocycles. The van der Waals surface area contributed by atoms with Crippen LogP contribution in [0.5, 0.6) is 0 Å². The van der Waals surface area contributed by atoms with Crippen molar-refractivity contribution in [3.05, 3.63) is 89.7 Å². The van der Waals surface area contributed by atoms with Crippen LogP contribution in [0.1, 0.15) is 0 Å². The van der Waals surface area contributed by atoms with E-state index < -0.39 is 0 Å². The first-order valence-corrected chi connectivity index (χ1v) is 10.3. The summed E-state index contributed by atoms with van der Waals surface area (Å²) >= 11 is 7.54. The molecule has 2 aromatic carbocycles. The highest BCUT2D eigenvalue weighted by molar-refractivity contribution is 7.17. The van der Waals surface area contributed by atoms with Gasteiger partial charge in [0.1, 0.15) is 22.8 Å². The van der Waals surface area contributed by atoms with Crippen LogP contribution < -0.4 is 5.32 Å². The molecule has 140 valence electrons. The van der Waals surface area contributed by atoms with Gasteiger partial charge >= 0.3 is 0 Å². The molecule has 5 aromatic rings. The number of hydrogen-bond donors (Lipinski definition) is 1. The molecule has 6 heteroatoms. The second-order valence-corrected chi connectivity index (χ2v) is 7.78. The molecule has 0 aliphatic carbocycles. The van der Waals surface area contributed by atoms with Crippen molar-refractivity contribution < 1.29 is 0 Å². The van der Waals surface area contributed by atoms with Gasteiger partial charge in [-0.05, 0) is 28.8 Å². The molecule has 0 spiro atoms. The molecule has 0 aliphatic rings. The molecular weight excluding hydrogens is 400 g/mol. The molecule has 4 nitrogen and oxygen atoms in total. The van der Waals surface area contributed by atoms with Crippen molar-refractivity contribution in [1.29, 1.82) is 0 Å². The van der Waals surface area contributed by atoms with E-state index in [2.05, 4.69) is 74.2 Å². The Morgan fingerprint density at radius 1 is 0.759 bits per heavy atom. The van der Waals surface area contributed by atoms with Crippen molar-refractivity contribution in [3.8, 4) is 22.3 Å². The minimum absolute atomic E-state index is 0.595. The first-order valence-electron chi connectivity index (χ1n) is 9.04. The number of benzene rings is 2. The van der Waals surface area contributed by atoms with Crippen LogP contribution in [0.2, 0.25) is 5.02 Å². The van der Waals surface area contributed by atoms with Gasteiger partial charge in [-0.2, -0.15) is 0 Å². The fourth-order valence-electron chi connectivity index (χ4n) is 3.23. The maximum absolute atomic E-state index is 5.94. The molecule has 5 rings (SSSR count). The smallest absolute Gasteiger partial charge is 0.144 e. The first kappa shape index (κ1) is 17.8. The largest absolute Gasteiger partial charge is 0.324 e. The third-order valence-corrected chi connectivity index (χ3v) is 5.76. The number of halogens is 1. The molecule has 29 heavy (non-hydrogen) atoms. The normalized spacial score (nSPS) is 10.9. The standard InChI is InChI=1S/C23H15ClN4S/c24-18-10-11-20(25-12-18)28-22-21-19(13-29-23(21)27-14-26-22)17-8-6-16(7-9-17)15-4-2-1-3-5-15/h1-14H,(H,25,26,27,28). The Balaban J connectivity index is 1.54. The van der Waals surface area contributed by atoms with Crippen LogP contribution in [0.3, 0.4) is 0 Å². The number of pyridine rings is 1. The Morgan fingerprint density at radius 3 is 2.28 bits per heavy atom. The summed E-state index contributed by atoms with van der Waals surface area (Å²) in [5.74, 6) is 1.42. The van der Waals surface area contributed by atoms with Crippen LogP contribution in [-0.2, 0) is 0 Å². The number of thiophene rings is 1. The van der Waals surface area contributed by atoms with Gasteiger partial charge in [-0.15, -0.1) is 11.3 Å². The number of aromatic nitrogens is 3. The Labute approximate surface area is 176 Å². The van der Waals surface area contributed by atoms with E-state index in [1.54, 1.807) is 29.9 Å². The Hall–Kier alpha value is -3.28. The SMILES string of the molecule is Clc1ccc(Nc2ncnc3scc(-c4ccc(-c5ccccc5)cc4)c23)nc1. The number of nitrogens with zero attached hydrogens (tertiary/aromatic N) is 3. The van der Waals surface area contributed by atoms with Crippen LogP contribution in [-0.4, -0.2) is 15.0 Å². The lowest BCUT2D eigenvalue weighted by Crippen LogP contribution is -1.97. The van der Waals surface area contributed by atoms with Crippen molar-refractivity contribution in [2.24, 2.45) is 0 Å². The molecule has 0 atom stereocenters. The third kappa shape index (κ3) is 3.58. The van der Waals surface area contributed by atoms with E-state index in [1.807, 2.05) is 12.1 Å². The van der Waals surface area contributed by atoms with Gasteiger partial charge in [-0.1, -0.05) is 66.2 Å². The van der Waals surface area contributed by atoms with Gasteiger partial charge in [0.05, 0.1) is 10.4 Å². The van der Waals surface area contributed by atoms with Crippen molar-refractivity contribution in [2.75, 3.05) is 5.32 Å². The zero-order chi connectivity index (χ0) is 19.6. The fraction of sp³-hybridized carbons (Fsp3) is 0. The van der Waals surface area contributed by atoms with E-state index in [9.17, 15) is 0 Å². The Morgan fingerprint density at radius 2 is 1.52 bits per heavy atom. The molecule has 0 unspecified atom stereocenters. The topological polar surface area (TPSA) is 50.7 Å². The molecule has 3 aromatic heterocycles. The number of anilines is 2. The van der Waals surface area contributed by atoms with Gasteiger partial charge in [0.15, 0.2) is 0 Å². The highest BCUT2D eigenvalue weighted by atomic mass is 35.5. The van der Waals surface area contributed by atoms with Crippen LogP contribution in [0.15, 0.2) is 84.6 Å². The van der Waals surface area contributed by atoms with E-state index in [4.69, 9.17) is 11.6 Å². The van der Waals surface area contributed by atoms with Crippen LogP contribution in [0, 0.1) is 0 Å². The number of hydrogen-bond acceptors (Lipinski definition) is 5. The third-order valence-electron chi connectivity index (χ3n) is 4.65. The van der Waals surface area contributed by atoms with E-state index in [0.29, 0.717) is 10.8 Å². The maximum atomic E-state index is 5.94. The lowest BCUT2D eigenvalue weighted by Gasteiger charge is -2.08. The van der Waals surface area contributed by atoms with Crippen LogP contribution in [0.25, 0.3) is 32.5 Å². The van der Waals surface area contributed by atoms with Gasteiger partial charge < -0.3 is 5.32 Å². The van der Waals surface area contributed by atoms with Crippen LogP contribution >= 0.6 is 22.9 Å². The van der Waals surface area contributed by atoms with Crippen molar-refractivity contribution >= 4 is 44.8 Å². The molecule has 0 amide bonds. The summed E-state index contributed by atoms with van der Waals surface area (Å²) in [6.45, 7) is 0. The van der Waals surface area contributed by atoms with E-state index in [-0.39, 0.29) is 0 Å². The van der Waals surface area contributed by atoms with E-state index in [0.717, 1.165) is 27.2 Å². The average Bonchev–Trinajstić information content (AvgIpc) is 3.21. The first-order chi connectivity index (χ1) is 14.3. The maximum Gasteiger partial charge on any atom is 0.144 e. The molecule has 3 heterocycles. The van der Waals surface area contributed by atoms with Gasteiger partial charge in [0.2, 0.25) is 0 Å². The molecule has 0 fully saturated rings. The predicted molar refractivity (Wildman–Crippen MR) is 121 cm³/mol. The second kappa shape index (κ2) is 7.62. The minimum Gasteiger partial charge on any atom is -0.324 e. The van der Waals surface area contributed by atoms with Gasteiger partial charge in [-0.3, -0.25) is 0 Å². The average molecular weight is 415 g/mol. The summed E-state index contributed by atoms with van der Waals surface area (Å²) in [5.41, 5.74) is 4.61. The number of rotatable bonds is 4. The molecular formula is C23H15ClN4S. The Bertz CT molecular complexity index is 1270. The lowest BCUT2D eigenvalue weighted by atomic mass is 10.0. The minimum atomic E-state index is 0.595. The van der Waals surface area contributed by atoms with E-state index in [1.165, 1.54) is 11.1 Å². The highest BCUT2D eigenvalue weighted by Gasteiger charge is 2.14. The summed E-state index contributed by atoms with van der Waals surface area (Å²) in [6.07, 6.45) is 3.18. The van der Waals surface area contributed by atoms with Gasteiger partial charge in [-0.25, -0.2) is 15.0 Å².